The van der Waals surface area contributed by atoms with Gasteiger partial charge >= 0.3 is 0 Å². The molecule has 2 aliphatic rings. The van der Waals surface area contributed by atoms with E-state index in [0.29, 0.717) is 36.2 Å². The van der Waals surface area contributed by atoms with E-state index in [9.17, 15) is 14.3 Å². The smallest absolute Gasteiger partial charge is 0.276 e. The number of rotatable bonds is 8. The fraction of sp³-hybridized carbons (Fsp3) is 0.346. The van der Waals surface area contributed by atoms with Gasteiger partial charge in [-0.15, -0.1) is 5.10 Å². The molecule has 39 heavy (non-hydrogen) atoms. The standard InChI is InChI=1S/C26H24ClFN8O3/c27-19-3-4-34-13-29-21(23(34)22(19)28)10-36(26(38)20-6-30-33-32-20)9-17-8-35-7-15(14-1-2-14)5-18(25(35)31-17)24(37)16-11-39-12-16/h3-8,13-14,16,24,37H,1-2,9-12H2,(H,30,32,33). The fourth-order valence-electron chi connectivity index (χ4n) is 5.07. The Morgan fingerprint density at radius 2 is 2.13 bits per heavy atom. The number of halogens is 2. The van der Waals surface area contributed by atoms with Crippen molar-refractivity contribution >= 4 is 28.7 Å². The van der Waals surface area contributed by atoms with Crippen molar-refractivity contribution in [2.75, 3.05) is 13.2 Å². The Kier molecular flexibility index (Phi) is 5.83. The van der Waals surface area contributed by atoms with Gasteiger partial charge in [0.15, 0.2) is 11.5 Å². The Bertz CT molecular complexity index is 1690. The minimum Gasteiger partial charge on any atom is -0.388 e. The quantitative estimate of drug-likeness (QED) is 0.303. The second kappa shape index (κ2) is 9.40. The number of nitrogens with one attached hydrogen (secondary N) is 1. The molecule has 1 saturated heterocycles. The van der Waals surface area contributed by atoms with Gasteiger partial charge in [0.2, 0.25) is 0 Å². The first-order valence-corrected chi connectivity index (χ1v) is 13.1. The van der Waals surface area contributed by atoms with E-state index in [4.69, 9.17) is 21.3 Å². The van der Waals surface area contributed by atoms with Gasteiger partial charge in [0.1, 0.15) is 11.2 Å². The number of H-pyrrole nitrogens is 1. The third kappa shape index (κ3) is 4.34. The lowest BCUT2D eigenvalue weighted by molar-refractivity contribution is -0.0921. The number of nitrogens with zero attached hydrogens (tertiary/aromatic N) is 7. The zero-order valence-electron chi connectivity index (χ0n) is 20.7. The average Bonchev–Trinajstić information content (AvgIpc) is 3.26. The zero-order valence-corrected chi connectivity index (χ0v) is 21.4. The van der Waals surface area contributed by atoms with Gasteiger partial charge < -0.3 is 23.5 Å². The number of hydrogen-bond acceptors (Lipinski definition) is 7. The molecule has 2 N–H and O–H groups in total. The largest absolute Gasteiger partial charge is 0.388 e. The molecule has 0 aromatic carbocycles. The van der Waals surface area contributed by atoms with Crippen LogP contribution < -0.4 is 0 Å². The van der Waals surface area contributed by atoms with Crippen molar-refractivity contribution in [3.8, 4) is 0 Å². The molecule has 0 bridgehead atoms. The number of aliphatic hydroxyl groups is 1. The Morgan fingerprint density at radius 1 is 1.28 bits per heavy atom. The molecule has 1 saturated carbocycles. The maximum absolute atomic E-state index is 14.9. The molecular formula is C26H24ClFN8O3. The average molecular weight is 551 g/mol. The highest BCUT2D eigenvalue weighted by molar-refractivity contribution is 6.31. The van der Waals surface area contributed by atoms with Gasteiger partial charge in [-0.2, -0.15) is 0 Å². The molecule has 1 unspecified atom stereocenters. The third-order valence-corrected chi connectivity index (χ3v) is 7.71. The summed E-state index contributed by atoms with van der Waals surface area (Å²) in [6, 6.07) is 3.50. The van der Waals surface area contributed by atoms with Crippen LogP contribution in [-0.2, 0) is 17.8 Å². The number of aliphatic hydroxyl groups excluding tert-OH is 1. The fourth-order valence-corrected chi connectivity index (χ4v) is 5.21. The maximum atomic E-state index is 14.9. The summed E-state index contributed by atoms with van der Waals surface area (Å²) >= 11 is 6.03. The molecule has 0 radical (unpaired) electrons. The first-order valence-electron chi connectivity index (χ1n) is 12.7. The van der Waals surface area contributed by atoms with E-state index in [0.717, 1.165) is 24.0 Å². The lowest BCUT2D eigenvalue weighted by Gasteiger charge is -2.31. The first kappa shape index (κ1) is 24.2. The van der Waals surface area contributed by atoms with Crippen LogP contribution >= 0.6 is 11.6 Å². The van der Waals surface area contributed by atoms with Gasteiger partial charge in [0.25, 0.3) is 5.91 Å². The van der Waals surface area contributed by atoms with E-state index in [2.05, 4.69) is 26.5 Å². The molecule has 1 aliphatic heterocycles. The van der Waals surface area contributed by atoms with Gasteiger partial charge in [0, 0.05) is 30.1 Å². The van der Waals surface area contributed by atoms with E-state index < -0.39 is 17.8 Å². The van der Waals surface area contributed by atoms with Crippen molar-refractivity contribution in [3.05, 3.63) is 82.3 Å². The van der Waals surface area contributed by atoms with Crippen LogP contribution in [0.1, 0.15) is 57.9 Å². The lowest BCUT2D eigenvalue weighted by Crippen LogP contribution is -2.33. The summed E-state index contributed by atoms with van der Waals surface area (Å²) in [6.07, 6.45) is 9.93. The van der Waals surface area contributed by atoms with E-state index in [-0.39, 0.29) is 35.2 Å². The van der Waals surface area contributed by atoms with Crippen LogP contribution in [0.15, 0.2) is 43.2 Å². The van der Waals surface area contributed by atoms with Crippen molar-refractivity contribution in [2.45, 2.75) is 38.0 Å². The van der Waals surface area contributed by atoms with Crippen LogP contribution in [0.4, 0.5) is 4.39 Å². The number of ether oxygens (including phenoxy) is 1. The van der Waals surface area contributed by atoms with Crippen molar-refractivity contribution < 1.29 is 19.0 Å². The van der Waals surface area contributed by atoms with Crippen LogP contribution in [0.3, 0.4) is 0 Å². The second-order valence-electron chi connectivity index (χ2n) is 10.2. The van der Waals surface area contributed by atoms with E-state index >= 15 is 0 Å². The van der Waals surface area contributed by atoms with Crippen LogP contribution in [0.25, 0.3) is 11.2 Å². The summed E-state index contributed by atoms with van der Waals surface area (Å²) in [6.45, 7) is 1.09. The Balaban J connectivity index is 1.27. The Labute approximate surface area is 226 Å². The molecule has 6 heterocycles. The molecule has 1 atom stereocenters. The van der Waals surface area contributed by atoms with Gasteiger partial charge in [0.05, 0.1) is 61.3 Å². The molecule has 1 amide bonds. The summed E-state index contributed by atoms with van der Waals surface area (Å²) in [5.74, 6) is -0.538. The molecular weight excluding hydrogens is 527 g/mol. The number of carbonyl (C=O) groups is 1. The first-order chi connectivity index (χ1) is 19.0. The van der Waals surface area contributed by atoms with Gasteiger partial charge in [-0.25, -0.2) is 14.4 Å². The summed E-state index contributed by atoms with van der Waals surface area (Å²) in [4.78, 5) is 24.1. The Morgan fingerprint density at radius 3 is 2.85 bits per heavy atom. The van der Waals surface area contributed by atoms with Crippen LogP contribution in [0.5, 0.6) is 0 Å². The van der Waals surface area contributed by atoms with Crippen LogP contribution in [0, 0.1) is 11.7 Å². The number of imidazole rings is 2. The summed E-state index contributed by atoms with van der Waals surface area (Å²) < 4.78 is 23.7. The third-order valence-electron chi connectivity index (χ3n) is 7.41. The molecule has 5 aromatic heterocycles. The zero-order chi connectivity index (χ0) is 26.7. The monoisotopic (exact) mass is 550 g/mol. The van der Waals surface area contributed by atoms with Crippen LogP contribution in [0.2, 0.25) is 5.02 Å². The van der Waals surface area contributed by atoms with Crippen molar-refractivity contribution in [1.82, 2.24) is 39.1 Å². The number of aromatic nitrogens is 7. The molecule has 0 spiro atoms. The highest BCUT2D eigenvalue weighted by Gasteiger charge is 2.32. The summed E-state index contributed by atoms with van der Waals surface area (Å²) in [5.41, 5.74) is 3.79. The van der Waals surface area contributed by atoms with Crippen molar-refractivity contribution in [1.29, 1.82) is 0 Å². The molecule has 5 aromatic rings. The highest BCUT2D eigenvalue weighted by Crippen LogP contribution is 2.42. The number of aromatic amines is 1. The minimum absolute atomic E-state index is 0.0181. The number of pyridine rings is 2. The SMILES string of the molecule is O=C(c1c[nH]nn1)N(Cc1cn2cc(C3CC3)cc(C(O)C3COC3)c2n1)Cc1ncn2ccc(Cl)c(F)c12. The highest BCUT2D eigenvalue weighted by atomic mass is 35.5. The lowest BCUT2D eigenvalue weighted by atomic mass is 9.93. The van der Waals surface area contributed by atoms with E-state index in [1.807, 2.05) is 16.8 Å². The number of carbonyl (C=O) groups excluding carboxylic acids is 1. The molecule has 1 aliphatic carbocycles. The number of fused-ring (bicyclic) bond motifs is 2. The number of hydrogen-bond donors (Lipinski definition) is 2. The van der Waals surface area contributed by atoms with Gasteiger partial charge in [-0.1, -0.05) is 16.8 Å². The predicted octanol–water partition coefficient (Wildman–Crippen LogP) is 3.29. The van der Waals surface area contributed by atoms with Crippen LogP contribution in [-0.4, -0.2) is 63.3 Å². The van der Waals surface area contributed by atoms with Crippen molar-refractivity contribution in [3.63, 3.8) is 0 Å². The maximum Gasteiger partial charge on any atom is 0.276 e. The molecule has 2 fully saturated rings. The van der Waals surface area contributed by atoms with Gasteiger partial charge in [-0.05, 0) is 36.5 Å². The minimum atomic E-state index is -0.701. The van der Waals surface area contributed by atoms with Gasteiger partial charge in [-0.3, -0.25) is 9.89 Å². The Hall–Kier alpha value is -3.87. The molecule has 7 rings (SSSR count). The predicted molar refractivity (Wildman–Crippen MR) is 137 cm³/mol. The normalized spacial score (nSPS) is 16.6. The number of amides is 1. The molecule has 11 nitrogen and oxygen atoms in total. The van der Waals surface area contributed by atoms with E-state index in [1.54, 1.807) is 6.20 Å². The molecule has 200 valence electrons. The van der Waals surface area contributed by atoms with E-state index in [1.165, 1.54) is 27.9 Å². The topological polar surface area (TPSA) is 126 Å². The van der Waals surface area contributed by atoms with Crippen molar-refractivity contribution in [2.24, 2.45) is 5.92 Å². The summed E-state index contributed by atoms with van der Waals surface area (Å²) in [5, 5.41) is 21.2. The molecule has 13 heteroatoms. The second-order valence-corrected chi connectivity index (χ2v) is 10.6. The summed E-state index contributed by atoms with van der Waals surface area (Å²) in [7, 11) is 0.